The van der Waals surface area contributed by atoms with Crippen LogP contribution in [-0.2, 0) is 0 Å². The molecule has 21 heavy (non-hydrogen) atoms. The number of aromatic nitrogens is 2. The molecule has 1 aromatic carbocycles. The van der Waals surface area contributed by atoms with Gasteiger partial charge in [0.25, 0.3) is 5.91 Å². The number of para-hydroxylation sites is 1. The molecular weight excluding hydrogens is 300 g/mol. The summed E-state index contributed by atoms with van der Waals surface area (Å²) < 4.78 is 28.9. The van der Waals surface area contributed by atoms with Crippen molar-refractivity contribution in [2.24, 2.45) is 0 Å². The molecule has 0 saturated heterocycles. The lowest BCUT2D eigenvalue weighted by atomic mass is 10.2. The molecule has 0 aliphatic heterocycles. The molecule has 0 unspecified atom stereocenters. The molecule has 0 saturated carbocycles. The Morgan fingerprint density at radius 2 is 2.00 bits per heavy atom. The van der Waals surface area contributed by atoms with E-state index in [1.165, 1.54) is 29.5 Å². The van der Waals surface area contributed by atoms with Gasteiger partial charge in [-0.15, -0.1) is 10.2 Å². The van der Waals surface area contributed by atoms with Gasteiger partial charge in [0.2, 0.25) is 5.13 Å². The average molecular weight is 313 g/mol. The number of rotatable bonds is 5. The molecule has 0 atom stereocenters. The van der Waals surface area contributed by atoms with Crippen LogP contribution in [0.4, 0.5) is 13.9 Å². The summed E-state index contributed by atoms with van der Waals surface area (Å²) in [4.78, 5) is 12.1. The standard InChI is InChI=1S/C13H13F2N3O2S/c1-7(2)11-17-18-13(21-11)16-10(19)8-5-3-4-6-9(8)20-12(14)15/h3-7,12H,1-2H3,(H,16,18,19). The van der Waals surface area contributed by atoms with E-state index in [1.54, 1.807) is 6.07 Å². The second kappa shape index (κ2) is 6.57. The quantitative estimate of drug-likeness (QED) is 0.917. The van der Waals surface area contributed by atoms with Crippen molar-refractivity contribution in [2.75, 3.05) is 5.32 Å². The number of alkyl halides is 2. The topological polar surface area (TPSA) is 64.1 Å². The van der Waals surface area contributed by atoms with Crippen LogP contribution in [0, 0.1) is 0 Å². The van der Waals surface area contributed by atoms with Gasteiger partial charge in [-0.25, -0.2) is 0 Å². The molecule has 1 amide bonds. The highest BCUT2D eigenvalue weighted by atomic mass is 32.1. The molecular formula is C13H13F2N3O2S. The number of anilines is 1. The van der Waals surface area contributed by atoms with Crippen molar-refractivity contribution in [2.45, 2.75) is 26.4 Å². The van der Waals surface area contributed by atoms with E-state index >= 15 is 0 Å². The Kier molecular flexibility index (Phi) is 4.79. The molecule has 0 fully saturated rings. The zero-order valence-corrected chi connectivity index (χ0v) is 12.2. The third-order valence-corrected chi connectivity index (χ3v) is 3.64. The molecule has 0 aliphatic rings. The SMILES string of the molecule is CC(C)c1nnc(NC(=O)c2ccccc2OC(F)F)s1. The molecule has 1 heterocycles. The first-order valence-corrected chi connectivity index (χ1v) is 6.97. The molecule has 0 aliphatic carbocycles. The van der Waals surface area contributed by atoms with Crippen LogP contribution in [-0.4, -0.2) is 22.7 Å². The fraction of sp³-hybridized carbons (Fsp3) is 0.308. The summed E-state index contributed by atoms with van der Waals surface area (Å²) in [7, 11) is 0. The maximum Gasteiger partial charge on any atom is 0.387 e. The van der Waals surface area contributed by atoms with Gasteiger partial charge in [0.15, 0.2) is 0 Å². The fourth-order valence-corrected chi connectivity index (χ4v) is 2.28. The maximum atomic E-state index is 12.3. The van der Waals surface area contributed by atoms with Gasteiger partial charge in [-0.2, -0.15) is 8.78 Å². The maximum absolute atomic E-state index is 12.3. The van der Waals surface area contributed by atoms with Gasteiger partial charge in [0.05, 0.1) is 5.56 Å². The Morgan fingerprint density at radius 1 is 1.29 bits per heavy atom. The van der Waals surface area contributed by atoms with Gasteiger partial charge in [0.1, 0.15) is 10.8 Å². The smallest absolute Gasteiger partial charge is 0.387 e. The van der Waals surface area contributed by atoms with Crippen LogP contribution >= 0.6 is 11.3 Å². The summed E-state index contributed by atoms with van der Waals surface area (Å²) in [5.41, 5.74) is 0.0131. The second-order valence-electron chi connectivity index (χ2n) is 4.43. The number of carbonyl (C=O) groups excluding carboxylic acids is 1. The minimum Gasteiger partial charge on any atom is -0.434 e. The number of hydrogen-bond acceptors (Lipinski definition) is 5. The molecule has 0 radical (unpaired) electrons. The second-order valence-corrected chi connectivity index (χ2v) is 5.44. The predicted molar refractivity (Wildman–Crippen MR) is 75.0 cm³/mol. The first-order chi connectivity index (χ1) is 9.97. The van der Waals surface area contributed by atoms with Gasteiger partial charge in [0, 0.05) is 5.92 Å². The van der Waals surface area contributed by atoms with E-state index < -0.39 is 12.5 Å². The normalized spacial score (nSPS) is 11.0. The van der Waals surface area contributed by atoms with Crippen LogP contribution in [0.2, 0.25) is 0 Å². The molecule has 0 spiro atoms. The molecule has 5 nitrogen and oxygen atoms in total. The van der Waals surface area contributed by atoms with Crippen LogP contribution < -0.4 is 10.1 Å². The Balaban J connectivity index is 2.16. The number of amides is 1. The fourth-order valence-electron chi connectivity index (χ4n) is 1.54. The van der Waals surface area contributed by atoms with Crippen molar-refractivity contribution in [3.8, 4) is 5.75 Å². The minimum absolute atomic E-state index is 0.0131. The number of nitrogens with one attached hydrogen (secondary N) is 1. The highest BCUT2D eigenvalue weighted by Gasteiger charge is 2.17. The van der Waals surface area contributed by atoms with Crippen molar-refractivity contribution in [1.29, 1.82) is 0 Å². The molecule has 8 heteroatoms. The van der Waals surface area contributed by atoms with E-state index in [0.29, 0.717) is 5.13 Å². The van der Waals surface area contributed by atoms with E-state index in [0.717, 1.165) is 5.01 Å². The predicted octanol–water partition coefficient (Wildman–Crippen LogP) is 3.52. The highest BCUT2D eigenvalue weighted by molar-refractivity contribution is 7.15. The van der Waals surface area contributed by atoms with Crippen molar-refractivity contribution in [3.63, 3.8) is 0 Å². The lowest BCUT2D eigenvalue weighted by Crippen LogP contribution is -2.14. The third kappa shape index (κ3) is 3.94. The Bertz CT molecular complexity index is 631. The van der Waals surface area contributed by atoms with Gasteiger partial charge >= 0.3 is 6.61 Å². The van der Waals surface area contributed by atoms with Gasteiger partial charge in [-0.05, 0) is 12.1 Å². The van der Waals surface area contributed by atoms with E-state index in [1.807, 2.05) is 13.8 Å². The monoisotopic (exact) mass is 313 g/mol. The van der Waals surface area contributed by atoms with E-state index in [9.17, 15) is 13.6 Å². The molecule has 0 bridgehead atoms. The van der Waals surface area contributed by atoms with Gasteiger partial charge in [-0.1, -0.05) is 37.3 Å². The number of ether oxygens (including phenoxy) is 1. The third-order valence-electron chi connectivity index (χ3n) is 2.50. The van der Waals surface area contributed by atoms with Crippen molar-refractivity contribution >= 4 is 22.4 Å². The van der Waals surface area contributed by atoms with Crippen molar-refractivity contribution < 1.29 is 18.3 Å². The lowest BCUT2D eigenvalue weighted by Gasteiger charge is -2.09. The summed E-state index contributed by atoms with van der Waals surface area (Å²) in [6.45, 7) is 0.920. The number of carbonyl (C=O) groups is 1. The average Bonchev–Trinajstić information content (AvgIpc) is 2.87. The number of nitrogens with zero attached hydrogens (tertiary/aromatic N) is 2. The molecule has 1 N–H and O–H groups in total. The summed E-state index contributed by atoms with van der Waals surface area (Å²) in [5.74, 6) is -0.557. The Labute approximate surface area is 124 Å². The number of benzene rings is 1. The number of halogens is 2. The van der Waals surface area contributed by atoms with Gasteiger partial charge in [-0.3, -0.25) is 10.1 Å². The van der Waals surface area contributed by atoms with Crippen molar-refractivity contribution in [1.82, 2.24) is 10.2 Å². The Hall–Kier alpha value is -2.09. The zero-order valence-electron chi connectivity index (χ0n) is 11.3. The van der Waals surface area contributed by atoms with Gasteiger partial charge < -0.3 is 4.74 Å². The molecule has 1 aromatic heterocycles. The lowest BCUT2D eigenvalue weighted by molar-refractivity contribution is -0.0501. The largest absolute Gasteiger partial charge is 0.434 e. The van der Waals surface area contributed by atoms with E-state index in [4.69, 9.17) is 0 Å². The first-order valence-electron chi connectivity index (χ1n) is 6.16. The summed E-state index contributed by atoms with van der Waals surface area (Å²) in [6.07, 6.45) is 0. The molecule has 2 rings (SSSR count). The molecule has 2 aromatic rings. The zero-order chi connectivity index (χ0) is 15.4. The van der Waals surface area contributed by atoms with Crippen LogP contribution in [0.25, 0.3) is 0 Å². The highest BCUT2D eigenvalue weighted by Crippen LogP contribution is 2.25. The van der Waals surface area contributed by atoms with Crippen molar-refractivity contribution in [3.05, 3.63) is 34.8 Å². The van der Waals surface area contributed by atoms with Crippen LogP contribution in [0.5, 0.6) is 5.75 Å². The Morgan fingerprint density at radius 3 is 2.62 bits per heavy atom. The number of hydrogen-bond donors (Lipinski definition) is 1. The molecule has 112 valence electrons. The van der Waals surface area contributed by atoms with Crippen LogP contribution in [0.1, 0.15) is 35.1 Å². The van der Waals surface area contributed by atoms with E-state index in [-0.39, 0.29) is 17.2 Å². The minimum atomic E-state index is -2.99. The van der Waals surface area contributed by atoms with Crippen LogP contribution in [0.15, 0.2) is 24.3 Å². The summed E-state index contributed by atoms with van der Waals surface area (Å²) in [6, 6.07) is 5.78. The van der Waals surface area contributed by atoms with Crippen LogP contribution in [0.3, 0.4) is 0 Å². The van der Waals surface area contributed by atoms with E-state index in [2.05, 4.69) is 20.3 Å². The first kappa shape index (κ1) is 15.3. The summed E-state index contributed by atoms with van der Waals surface area (Å²) >= 11 is 1.24. The summed E-state index contributed by atoms with van der Waals surface area (Å²) in [5, 5.41) is 11.4.